The number of hydrogen-bond acceptors (Lipinski definition) is 3. The van der Waals surface area contributed by atoms with Crippen molar-refractivity contribution in [2.24, 2.45) is 0 Å². The lowest BCUT2D eigenvalue weighted by Crippen LogP contribution is -1.62. The van der Waals surface area contributed by atoms with Crippen LogP contribution in [-0.4, -0.2) is 24.1 Å². The minimum absolute atomic E-state index is 0.322. The van der Waals surface area contributed by atoms with E-state index in [4.69, 9.17) is 15.0 Å². The third-order valence-corrected chi connectivity index (χ3v) is 1.70. The zero-order valence-corrected chi connectivity index (χ0v) is 14.8. The van der Waals surface area contributed by atoms with E-state index in [-0.39, 0.29) is 0 Å². The van der Waals surface area contributed by atoms with Gasteiger partial charge in [-0.25, -0.2) is 0 Å². The van der Waals surface area contributed by atoms with Crippen LogP contribution in [0.1, 0.15) is 33.3 Å². The first kappa shape index (κ1) is 28.1. The summed E-state index contributed by atoms with van der Waals surface area (Å²) in [7, 11) is 1.00. The number of phenols is 1. The second-order valence-corrected chi connectivity index (χ2v) is 2.99. The van der Waals surface area contributed by atoms with Gasteiger partial charge in [-0.15, -0.1) is 0 Å². The summed E-state index contributed by atoms with van der Waals surface area (Å²) in [5.74, 6) is 0.322. The van der Waals surface area contributed by atoms with Crippen LogP contribution in [0.2, 0.25) is 0 Å². The molecule has 0 aromatic heterocycles. The van der Waals surface area contributed by atoms with Crippen LogP contribution < -0.4 is 0 Å². The standard InChI is InChI=1S/C7H8.C6H6O.2C2H6.CH4O.CH2O/c1-7-5-3-2-4-6-7;7-6-4-2-1-3-5-6;4*1-2/h2-6H,1H3;1-5,7H;2*1-2H3;2H,1H3;1H2. The highest BCUT2D eigenvalue weighted by atomic mass is 16.3. The van der Waals surface area contributed by atoms with E-state index in [1.165, 1.54) is 5.56 Å². The van der Waals surface area contributed by atoms with Gasteiger partial charge in [0.2, 0.25) is 0 Å². The SMILES string of the molecule is C=O.CC.CC.CO.Cc1ccccc1.Oc1ccccc1. The lowest BCUT2D eigenvalue weighted by molar-refractivity contribution is -0.0979. The molecule has 0 saturated carbocycles. The summed E-state index contributed by atoms with van der Waals surface area (Å²) in [6, 6.07) is 19.0. The van der Waals surface area contributed by atoms with Crippen LogP contribution in [-0.2, 0) is 4.79 Å². The van der Waals surface area contributed by atoms with E-state index in [9.17, 15) is 0 Å². The van der Waals surface area contributed by atoms with Crippen LogP contribution >= 0.6 is 0 Å². The summed E-state index contributed by atoms with van der Waals surface area (Å²) in [5, 5.41) is 15.6. The van der Waals surface area contributed by atoms with E-state index in [2.05, 4.69) is 19.1 Å². The lowest BCUT2D eigenvalue weighted by atomic mass is 10.2. The maximum atomic E-state index is 8.63. The monoisotopic (exact) mass is 308 g/mol. The number of phenolic OH excluding ortho intramolecular Hbond substituents is 1. The quantitative estimate of drug-likeness (QED) is 0.730. The van der Waals surface area contributed by atoms with Crippen molar-refractivity contribution in [2.75, 3.05) is 7.11 Å². The Morgan fingerprint density at radius 1 is 0.682 bits per heavy atom. The van der Waals surface area contributed by atoms with Crippen LogP contribution in [0.5, 0.6) is 5.75 Å². The van der Waals surface area contributed by atoms with Crippen molar-refractivity contribution >= 4 is 6.79 Å². The molecule has 3 nitrogen and oxygen atoms in total. The molecule has 0 atom stereocenters. The predicted octanol–water partition coefficient (Wildman–Crippen LogP) is 4.86. The van der Waals surface area contributed by atoms with Gasteiger partial charge in [0.05, 0.1) is 0 Å². The van der Waals surface area contributed by atoms with Gasteiger partial charge in [-0.3, -0.25) is 0 Å². The molecule has 2 rings (SSSR count). The largest absolute Gasteiger partial charge is 0.508 e. The van der Waals surface area contributed by atoms with Gasteiger partial charge < -0.3 is 15.0 Å². The van der Waals surface area contributed by atoms with Crippen molar-refractivity contribution in [1.29, 1.82) is 0 Å². The number of hydrogen-bond donors (Lipinski definition) is 2. The van der Waals surface area contributed by atoms with E-state index < -0.39 is 0 Å². The van der Waals surface area contributed by atoms with E-state index >= 15 is 0 Å². The Morgan fingerprint density at radius 2 is 0.955 bits per heavy atom. The van der Waals surface area contributed by atoms with Crippen molar-refractivity contribution in [3.63, 3.8) is 0 Å². The molecule has 0 radical (unpaired) electrons. The van der Waals surface area contributed by atoms with E-state index in [1.807, 2.05) is 58.7 Å². The van der Waals surface area contributed by atoms with Gasteiger partial charge in [0.25, 0.3) is 0 Å². The zero-order chi connectivity index (χ0) is 18.2. The molecule has 0 aliphatic rings. The Labute approximate surface area is 136 Å². The molecular weight excluding hydrogens is 276 g/mol. The Hall–Kier alpha value is -2.13. The van der Waals surface area contributed by atoms with Crippen LogP contribution in [0, 0.1) is 6.92 Å². The van der Waals surface area contributed by atoms with Gasteiger partial charge in [-0.05, 0) is 19.1 Å². The van der Waals surface area contributed by atoms with Crippen LogP contribution in [0.25, 0.3) is 0 Å². The Kier molecular flexibility index (Phi) is 40.0. The molecule has 0 aliphatic carbocycles. The summed E-state index contributed by atoms with van der Waals surface area (Å²) in [6.07, 6.45) is 0. The molecule has 0 fully saturated rings. The van der Waals surface area contributed by atoms with Gasteiger partial charge >= 0.3 is 0 Å². The van der Waals surface area contributed by atoms with Crippen LogP contribution in [0.3, 0.4) is 0 Å². The average molecular weight is 308 g/mol. The van der Waals surface area contributed by atoms with Crippen molar-refractivity contribution in [3.8, 4) is 5.75 Å². The van der Waals surface area contributed by atoms with Crippen molar-refractivity contribution < 1.29 is 15.0 Å². The summed E-state index contributed by atoms with van der Waals surface area (Å²) in [5.41, 5.74) is 1.32. The molecule has 126 valence electrons. The van der Waals surface area contributed by atoms with Crippen LogP contribution in [0.15, 0.2) is 60.7 Å². The van der Waals surface area contributed by atoms with Gasteiger partial charge in [0.1, 0.15) is 12.5 Å². The number of aromatic hydroxyl groups is 1. The molecule has 0 amide bonds. The number of rotatable bonds is 0. The summed E-state index contributed by atoms with van der Waals surface area (Å²) in [6.45, 7) is 12.1. The first-order valence-electron chi connectivity index (χ1n) is 7.28. The number of aliphatic hydroxyl groups excluding tert-OH is 1. The lowest BCUT2D eigenvalue weighted by Gasteiger charge is -1.82. The number of benzene rings is 2. The van der Waals surface area contributed by atoms with Gasteiger partial charge in [0, 0.05) is 7.11 Å². The molecule has 0 spiro atoms. The van der Waals surface area contributed by atoms with Crippen molar-refractivity contribution in [2.45, 2.75) is 34.6 Å². The highest BCUT2D eigenvalue weighted by Crippen LogP contribution is 2.02. The second kappa shape index (κ2) is 31.3. The smallest absolute Gasteiger partial charge is 0.115 e. The van der Waals surface area contributed by atoms with Crippen molar-refractivity contribution in [1.82, 2.24) is 0 Å². The van der Waals surface area contributed by atoms with E-state index in [0.29, 0.717) is 5.75 Å². The fraction of sp³-hybridized carbons (Fsp3) is 0.316. The predicted molar refractivity (Wildman–Crippen MR) is 97.2 cm³/mol. The summed E-state index contributed by atoms with van der Waals surface area (Å²) in [4.78, 5) is 8.00. The number of carbonyl (C=O) groups is 1. The molecule has 0 heterocycles. The Balaban J connectivity index is -0.000000102. The summed E-state index contributed by atoms with van der Waals surface area (Å²) < 4.78 is 0. The number of carbonyl (C=O) groups excluding carboxylic acids is 1. The Morgan fingerprint density at radius 3 is 1.09 bits per heavy atom. The molecule has 0 aliphatic heterocycles. The first-order chi connectivity index (χ1) is 10.8. The highest BCUT2D eigenvalue weighted by Gasteiger charge is 1.74. The highest BCUT2D eigenvalue weighted by molar-refractivity contribution is 5.18. The number of aliphatic hydroxyl groups is 1. The van der Waals surface area contributed by atoms with E-state index in [0.717, 1.165) is 7.11 Å². The molecule has 0 unspecified atom stereocenters. The van der Waals surface area contributed by atoms with Gasteiger partial charge in [-0.2, -0.15) is 0 Å². The topological polar surface area (TPSA) is 57.5 Å². The molecule has 0 bridgehead atoms. The zero-order valence-electron chi connectivity index (χ0n) is 14.8. The normalized spacial score (nSPS) is 6.50. The number of aryl methyl sites for hydroxylation is 1. The van der Waals surface area contributed by atoms with Crippen molar-refractivity contribution in [3.05, 3.63) is 66.2 Å². The minimum atomic E-state index is 0.322. The van der Waals surface area contributed by atoms with Gasteiger partial charge in [0.15, 0.2) is 0 Å². The third-order valence-electron chi connectivity index (χ3n) is 1.70. The summed E-state index contributed by atoms with van der Waals surface area (Å²) >= 11 is 0. The third kappa shape index (κ3) is 26.4. The maximum absolute atomic E-state index is 8.63. The molecule has 3 heteroatoms. The van der Waals surface area contributed by atoms with Crippen LogP contribution in [0.4, 0.5) is 0 Å². The molecule has 0 saturated heterocycles. The molecule has 2 aromatic carbocycles. The Bertz CT molecular complexity index is 323. The molecular formula is C19H32O3. The van der Waals surface area contributed by atoms with E-state index in [1.54, 1.807) is 24.3 Å². The average Bonchev–Trinajstić information content (AvgIpc) is 2.64. The maximum Gasteiger partial charge on any atom is 0.115 e. The van der Waals surface area contributed by atoms with Gasteiger partial charge in [-0.1, -0.05) is 81.8 Å². The first-order valence-corrected chi connectivity index (χ1v) is 7.28. The molecule has 2 N–H and O–H groups in total. The second-order valence-electron chi connectivity index (χ2n) is 2.99. The molecule has 22 heavy (non-hydrogen) atoms. The molecule has 2 aromatic rings. The fourth-order valence-corrected chi connectivity index (χ4v) is 0.962. The fourth-order valence-electron chi connectivity index (χ4n) is 0.962. The number of para-hydroxylation sites is 1. The minimum Gasteiger partial charge on any atom is -0.508 e.